The van der Waals surface area contributed by atoms with E-state index in [9.17, 15) is 0 Å². The molecule has 60 valence electrons. The average Bonchev–Trinajstić information content (AvgIpc) is 2.03. The second-order valence-electron chi connectivity index (χ2n) is 2.05. The fourth-order valence-corrected chi connectivity index (χ4v) is 0.537. The van der Waals surface area contributed by atoms with Crippen molar-refractivity contribution in [2.75, 3.05) is 0 Å². The lowest BCUT2D eigenvalue weighted by atomic mass is 10.4. The molecular weight excluding hydrogens is 134 g/mol. The van der Waals surface area contributed by atoms with Crippen molar-refractivity contribution in [2.24, 2.45) is 4.99 Å². The first-order chi connectivity index (χ1) is 5.41. The first-order valence-electron chi connectivity index (χ1n) is 3.80. The van der Waals surface area contributed by atoms with Gasteiger partial charge >= 0.3 is 0 Å². The van der Waals surface area contributed by atoms with E-state index in [1.54, 1.807) is 6.20 Å². The van der Waals surface area contributed by atoms with Crippen LogP contribution in [-0.4, -0.2) is 6.21 Å². The summed E-state index contributed by atoms with van der Waals surface area (Å²) in [6.45, 7) is 5.60. The van der Waals surface area contributed by atoms with Crippen LogP contribution in [0.5, 0.6) is 0 Å². The monoisotopic (exact) mass is 149 g/mol. The molecule has 0 saturated carbocycles. The van der Waals surface area contributed by atoms with E-state index >= 15 is 0 Å². The van der Waals surface area contributed by atoms with Crippen LogP contribution < -0.4 is 0 Å². The minimum Gasteiger partial charge on any atom is -0.269 e. The number of hydrogen-bond donors (Lipinski definition) is 0. The van der Waals surface area contributed by atoms with Crippen LogP contribution in [-0.2, 0) is 0 Å². The van der Waals surface area contributed by atoms with Crippen LogP contribution in [0, 0.1) is 0 Å². The highest BCUT2D eigenvalue weighted by Crippen LogP contribution is 1.84. The Kier molecular flexibility index (Phi) is 7.99. The second kappa shape index (κ2) is 8.89. The zero-order chi connectivity index (χ0) is 8.36. The quantitative estimate of drug-likeness (QED) is 0.420. The normalized spacial score (nSPS) is 12.1. The molecule has 0 aromatic rings. The molecule has 0 bridgehead atoms. The molecule has 0 aliphatic heterocycles. The van der Waals surface area contributed by atoms with E-state index in [1.165, 1.54) is 0 Å². The van der Waals surface area contributed by atoms with Gasteiger partial charge in [-0.1, -0.05) is 24.3 Å². The van der Waals surface area contributed by atoms with E-state index < -0.39 is 0 Å². The largest absolute Gasteiger partial charge is 0.269 e. The second-order valence-corrected chi connectivity index (χ2v) is 2.05. The van der Waals surface area contributed by atoms with Gasteiger partial charge in [-0.15, -0.1) is 6.58 Å². The van der Waals surface area contributed by atoms with Gasteiger partial charge in [0.15, 0.2) is 0 Å². The lowest BCUT2D eigenvalue weighted by Crippen LogP contribution is -1.66. The minimum atomic E-state index is 0.890. The first kappa shape index (κ1) is 9.89. The Labute approximate surface area is 68.9 Å². The molecule has 0 N–H and O–H groups in total. The van der Waals surface area contributed by atoms with E-state index in [0.717, 1.165) is 12.8 Å². The smallest absolute Gasteiger partial charge is 0.0227 e. The Morgan fingerprint density at radius 1 is 1.27 bits per heavy atom. The van der Waals surface area contributed by atoms with Crippen molar-refractivity contribution in [3.05, 3.63) is 37.1 Å². The number of allylic oxidation sites excluding steroid dienone is 4. The fourth-order valence-electron chi connectivity index (χ4n) is 0.537. The zero-order valence-corrected chi connectivity index (χ0v) is 7.03. The molecule has 0 saturated heterocycles. The topological polar surface area (TPSA) is 12.4 Å². The highest BCUT2D eigenvalue weighted by Gasteiger charge is 1.67. The molecule has 0 rings (SSSR count). The van der Waals surface area contributed by atoms with Gasteiger partial charge in [-0.2, -0.15) is 0 Å². The van der Waals surface area contributed by atoms with Gasteiger partial charge in [0, 0.05) is 18.8 Å². The van der Waals surface area contributed by atoms with Crippen LogP contribution >= 0.6 is 0 Å². The van der Waals surface area contributed by atoms with Crippen molar-refractivity contribution >= 4 is 6.21 Å². The lowest BCUT2D eigenvalue weighted by Gasteiger charge is -1.78. The zero-order valence-electron chi connectivity index (χ0n) is 7.03. The van der Waals surface area contributed by atoms with Gasteiger partial charge in [-0.05, 0) is 13.3 Å². The summed E-state index contributed by atoms with van der Waals surface area (Å²) in [4.78, 5) is 4.04. The average molecular weight is 149 g/mol. The van der Waals surface area contributed by atoms with Gasteiger partial charge in [0.05, 0.1) is 0 Å². The molecule has 0 amide bonds. The van der Waals surface area contributed by atoms with Crippen LogP contribution in [0.25, 0.3) is 0 Å². The molecule has 0 aromatic heterocycles. The highest BCUT2D eigenvalue weighted by molar-refractivity contribution is 5.60. The van der Waals surface area contributed by atoms with E-state index in [4.69, 9.17) is 0 Å². The van der Waals surface area contributed by atoms with Crippen LogP contribution in [0.3, 0.4) is 0 Å². The summed E-state index contributed by atoms with van der Waals surface area (Å²) in [6, 6.07) is 0. The van der Waals surface area contributed by atoms with Gasteiger partial charge in [0.25, 0.3) is 0 Å². The molecule has 0 aliphatic rings. The lowest BCUT2D eigenvalue weighted by molar-refractivity contribution is 1.36. The minimum absolute atomic E-state index is 0.890. The van der Waals surface area contributed by atoms with Crippen LogP contribution in [0.2, 0.25) is 0 Å². The summed E-state index contributed by atoms with van der Waals surface area (Å²) in [5.74, 6) is 0. The standard InChI is InChI=1S/C10H15N/c1-3-5-7-9-11-10-8-6-4-2/h3-4,6-7,9-10H,1,5,8H2,2H3/b6-4-,9-7-,11-10?. The van der Waals surface area contributed by atoms with Gasteiger partial charge < -0.3 is 0 Å². The van der Waals surface area contributed by atoms with Crippen molar-refractivity contribution in [2.45, 2.75) is 19.8 Å². The van der Waals surface area contributed by atoms with Gasteiger partial charge in [0.1, 0.15) is 0 Å². The van der Waals surface area contributed by atoms with Crippen molar-refractivity contribution in [3.8, 4) is 0 Å². The summed E-state index contributed by atoms with van der Waals surface area (Å²) in [7, 11) is 0. The summed E-state index contributed by atoms with van der Waals surface area (Å²) in [5.41, 5.74) is 0. The molecule has 11 heavy (non-hydrogen) atoms. The number of rotatable bonds is 5. The van der Waals surface area contributed by atoms with Crippen molar-refractivity contribution in [3.63, 3.8) is 0 Å². The molecular formula is C10H15N. The number of aliphatic imine (C=N–C) groups is 1. The Morgan fingerprint density at radius 3 is 2.73 bits per heavy atom. The SMILES string of the molecule is C=CC/C=C\N=CC/C=C\C. The molecule has 0 unspecified atom stereocenters. The third-order valence-electron chi connectivity index (χ3n) is 1.08. The van der Waals surface area contributed by atoms with E-state index in [2.05, 4.69) is 17.6 Å². The molecule has 1 heteroatoms. The Balaban J connectivity index is 3.35. The van der Waals surface area contributed by atoms with Gasteiger partial charge in [-0.25, -0.2) is 0 Å². The molecule has 1 nitrogen and oxygen atoms in total. The maximum atomic E-state index is 4.04. The summed E-state index contributed by atoms with van der Waals surface area (Å²) in [5, 5.41) is 0. The van der Waals surface area contributed by atoms with Crippen molar-refractivity contribution < 1.29 is 0 Å². The number of nitrogens with zero attached hydrogens (tertiary/aromatic N) is 1. The molecule has 0 heterocycles. The van der Waals surface area contributed by atoms with E-state index in [0.29, 0.717) is 0 Å². The summed E-state index contributed by atoms with van der Waals surface area (Å²) >= 11 is 0. The Morgan fingerprint density at radius 2 is 2.09 bits per heavy atom. The summed E-state index contributed by atoms with van der Waals surface area (Å²) in [6.07, 6.45) is 13.4. The molecule has 0 fully saturated rings. The molecule has 0 aromatic carbocycles. The van der Waals surface area contributed by atoms with E-state index in [1.807, 2.05) is 31.4 Å². The predicted octanol–water partition coefficient (Wildman–Crippen LogP) is 3.11. The molecule has 0 spiro atoms. The predicted molar refractivity (Wildman–Crippen MR) is 51.9 cm³/mol. The van der Waals surface area contributed by atoms with Crippen LogP contribution in [0.4, 0.5) is 0 Å². The van der Waals surface area contributed by atoms with Crippen molar-refractivity contribution in [1.82, 2.24) is 0 Å². The third kappa shape index (κ3) is 8.89. The maximum Gasteiger partial charge on any atom is 0.0227 e. The molecule has 0 aliphatic carbocycles. The third-order valence-corrected chi connectivity index (χ3v) is 1.08. The van der Waals surface area contributed by atoms with Crippen LogP contribution in [0.15, 0.2) is 42.1 Å². The van der Waals surface area contributed by atoms with Crippen LogP contribution in [0.1, 0.15) is 19.8 Å². The van der Waals surface area contributed by atoms with Gasteiger partial charge in [0.2, 0.25) is 0 Å². The maximum absolute atomic E-state index is 4.04. The Hall–Kier alpha value is -1.11. The first-order valence-corrected chi connectivity index (χ1v) is 3.80. The van der Waals surface area contributed by atoms with E-state index in [-0.39, 0.29) is 0 Å². The Bertz CT molecular complexity index is 164. The molecule has 0 atom stereocenters. The molecule has 0 radical (unpaired) electrons. The summed E-state index contributed by atoms with van der Waals surface area (Å²) < 4.78 is 0. The van der Waals surface area contributed by atoms with Gasteiger partial charge in [-0.3, -0.25) is 4.99 Å². The highest BCUT2D eigenvalue weighted by atomic mass is 14.7. The fraction of sp³-hybridized carbons (Fsp3) is 0.300. The van der Waals surface area contributed by atoms with Crippen molar-refractivity contribution in [1.29, 1.82) is 0 Å². The number of hydrogen-bond acceptors (Lipinski definition) is 1.